The number of ether oxygens (including phenoxy) is 1. The summed E-state index contributed by atoms with van der Waals surface area (Å²) >= 11 is 0. The number of nitro benzene ring substituents is 1. The highest BCUT2D eigenvalue weighted by molar-refractivity contribution is 6.08. The van der Waals surface area contributed by atoms with E-state index in [2.05, 4.69) is 0 Å². The van der Waals surface area contributed by atoms with Gasteiger partial charge in [-0.3, -0.25) is 14.9 Å². The summed E-state index contributed by atoms with van der Waals surface area (Å²) in [5.74, 6) is 0.412. The van der Waals surface area contributed by atoms with Crippen molar-refractivity contribution in [1.82, 2.24) is 0 Å². The summed E-state index contributed by atoms with van der Waals surface area (Å²) in [6.07, 6.45) is 3.79. The van der Waals surface area contributed by atoms with Gasteiger partial charge in [-0.25, -0.2) is 0 Å². The summed E-state index contributed by atoms with van der Waals surface area (Å²) in [6, 6.07) is 10.6. The molecule has 1 saturated heterocycles. The lowest BCUT2D eigenvalue weighted by molar-refractivity contribution is -0.384. The Labute approximate surface area is 163 Å². The molecule has 7 nitrogen and oxygen atoms in total. The minimum Gasteiger partial charge on any atom is -0.495 e. The molecule has 1 amide bonds. The molecule has 1 fully saturated rings. The summed E-state index contributed by atoms with van der Waals surface area (Å²) in [4.78, 5) is 28.2. The molecule has 146 valence electrons. The molecule has 2 aliphatic rings. The highest BCUT2D eigenvalue weighted by Crippen LogP contribution is 2.38. The van der Waals surface area contributed by atoms with E-state index in [4.69, 9.17) is 4.74 Å². The van der Waals surface area contributed by atoms with Crippen LogP contribution in [0.5, 0.6) is 5.75 Å². The number of anilines is 2. The molecule has 2 aromatic rings. The van der Waals surface area contributed by atoms with Crippen LogP contribution < -0.4 is 14.5 Å². The molecule has 7 heteroatoms. The maximum Gasteiger partial charge on any atom is 0.293 e. The Morgan fingerprint density at radius 2 is 1.89 bits per heavy atom. The number of para-hydroxylation sites is 1. The van der Waals surface area contributed by atoms with Gasteiger partial charge in [-0.2, -0.15) is 0 Å². The van der Waals surface area contributed by atoms with Crippen molar-refractivity contribution in [3.05, 3.63) is 57.6 Å². The van der Waals surface area contributed by atoms with Gasteiger partial charge in [0.15, 0.2) is 0 Å². The Kier molecular flexibility index (Phi) is 4.90. The van der Waals surface area contributed by atoms with Gasteiger partial charge < -0.3 is 14.5 Å². The third kappa shape index (κ3) is 3.17. The minimum absolute atomic E-state index is 0.00925. The van der Waals surface area contributed by atoms with Crippen LogP contribution in [0.1, 0.15) is 35.2 Å². The van der Waals surface area contributed by atoms with Gasteiger partial charge in [-0.15, -0.1) is 0 Å². The van der Waals surface area contributed by atoms with Gasteiger partial charge in [0, 0.05) is 31.3 Å². The second-order valence-corrected chi connectivity index (χ2v) is 7.18. The number of amides is 1. The topological polar surface area (TPSA) is 75.9 Å². The lowest BCUT2D eigenvalue weighted by Gasteiger charge is -2.31. The van der Waals surface area contributed by atoms with Gasteiger partial charge >= 0.3 is 0 Å². The molecule has 0 unspecified atom stereocenters. The molecule has 4 rings (SSSR count). The van der Waals surface area contributed by atoms with Crippen molar-refractivity contribution < 1.29 is 14.5 Å². The van der Waals surface area contributed by atoms with E-state index in [9.17, 15) is 14.9 Å². The van der Waals surface area contributed by atoms with Crippen molar-refractivity contribution >= 4 is 23.0 Å². The SMILES string of the molecule is COc1cccc2c1N(C(=O)c1ccc(N3CCCC3)c([N+](=O)[O-])c1)CCC2. The highest BCUT2D eigenvalue weighted by atomic mass is 16.6. The van der Waals surface area contributed by atoms with Crippen molar-refractivity contribution in [1.29, 1.82) is 0 Å². The Balaban J connectivity index is 1.72. The van der Waals surface area contributed by atoms with Gasteiger partial charge in [0.1, 0.15) is 11.4 Å². The number of rotatable bonds is 4. The first-order valence-electron chi connectivity index (χ1n) is 9.61. The van der Waals surface area contributed by atoms with Crippen molar-refractivity contribution in [3.8, 4) is 5.75 Å². The van der Waals surface area contributed by atoms with E-state index in [0.29, 0.717) is 23.5 Å². The zero-order valence-corrected chi connectivity index (χ0v) is 15.9. The monoisotopic (exact) mass is 381 g/mol. The number of aryl methyl sites for hydroxylation is 1. The molecule has 0 saturated carbocycles. The van der Waals surface area contributed by atoms with E-state index in [-0.39, 0.29) is 11.6 Å². The van der Waals surface area contributed by atoms with Gasteiger partial charge in [0.2, 0.25) is 0 Å². The Morgan fingerprint density at radius 3 is 2.61 bits per heavy atom. The van der Waals surface area contributed by atoms with Gasteiger partial charge in [-0.1, -0.05) is 12.1 Å². The Hall–Kier alpha value is -3.09. The molecule has 2 aliphatic heterocycles. The number of nitro groups is 1. The average molecular weight is 381 g/mol. The largest absolute Gasteiger partial charge is 0.495 e. The molecule has 0 N–H and O–H groups in total. The fourth-order valence-electron chi connectivity index (χ4n) is 4.17. The molecule has 0 aromatic heterocycles. The molecule has 28 heavy (non-hydrogen) atoms. The number of hydrogen-bond acceptors (Lipinski definition) is 5. The van der Waals surface area contributed by atoms with Gasteiger partial charge in [0.05, 0.1) is 17.7 Å². The number of carbonyl (C=O) groups excluding carboxylic acids is 1. The lowest BCUT2D eigenvalue weighted by atomic mass is 9.99. The second kappa shape index (κ2) is 7.50. The van der Waals surface area contributed by atoms with Crippen LogP contribution in [0.3, 0.4) is 0 Å². The van der Waals surface area contributed by atoms with Crippen LogP contribution in [0.15, 0.2) is 36.4 Å². The van der Waals surface area contributed by atoms with E-state index in [1.807, 2.05) is 23.1 Å². The third-order valence-corrected chi connectivity index (χ3v) is 5.51. The minimum atomic E-state index is -0.394. The average Bonchev–Trinajstić information content (AvgIpc) is 3.26. The first kappa shape index (κ1) is 18.3. The predicted molar refractivity (Wildman–Crippen MR) is 108 cm³/mol. The van der Waals surface area contributed by atoms with Crippen LogP contribution in [0.25, 0.3) is 0 Å². The smallest absolute Gasteiger partial charge is 0.293 e. The summed E-state index contributed by atoms with van der Waals surface area (Å²) in [5.41, 5.74) is 2.74. The first-order valence-corrected chi connectivity index (χ1v) is 9.61. The third-order valence-electron chi connectivity index (χ3n) is 5.51. The van der Waals surface area contributed by atoms with Crippen LogP contribution >= 0.6 is 0 Å². The van der Waals surface area contributed by atoms with Crippen molar-refractivity contribution in [2.24, 2.45) is 0 Å². The predicted octanol–water partition coefficient (Wildman–Crippen LogP) is 3.80. The highest BCUT2D eigenvalue weighted by Gasteiger charge is 2.29. The lowest BCUT2D eigenvalue weighted by Crippen LogP contribution is -2.36. The number of methoxy groups -OCH3 is 1. The maximum absolute atomic E-state index is 13.3. The fourth-order valence-corrected chi connectivity index (χ4v) is 4.17. The molecule has 0 spiro atoms. The Morgan fingerprint density at radius 1 is 1.11 bits per heavy atom. The van der Waals surface area contributed by atoms with Crippen LogP contribution in [-0.2, 0) is 6.42 Å². The second-order valence-electron chi connectivity index (χ2n) is 7.18. The Bertz CT molecular complexity index is 908. The van der Waals surface area contributed by atoms with E-state index < -0.39 is 4.92 Å². The van der Waals surface area contributed by atoms with Crippen molar-refractivity contribution in [2.75, 3.05) is 36.5 Å². The van der Waals surface area contributed by atoms with Crippen LogP contribution in [0.2, 0.25) is 0 Å². The van der Waals surface area contributed by atoms with Crippen molar-refractivity contribution in [2.45, 2.75) is 25.7 Å². The summed E-state index contributed by atoms with van der Waals surface area (Å²) in [5, 5.41) is 11.7. The summed E-state index contributed by atoms with van der Waals surface area (Å²) in [6.45, 7) is 2.18. The quantitative estimate of drug-likeness (QED) is 0.595. The van der Waals surface area contributed by atoms with Gasteiger partial charge in [-0.05, 0) is 49.4 Å². The summed E-state index contributed by atoms with van der Waals surface area (Å²) in [7, 11) is 1.59. The molecular weight excluding hydrogens is 358 g/mol. The molecule has 2 heterocycles. The number of benzene rings is 2. The van der Waals surface area contributed by atoms with Crippen LogP contribution in [0, 0.1) is 10.1 Å². The maximum atomic E-state index is 13.3. The number of fused-ring (bicyclic) bond motifs is 1. The number of hydrogen-bond donors (Lipinski definition) is 0. The van der Waals surface area contributed by atoms with E-state index >= 15 is 0 Å². The molecule has 0 bridgehead atoms. The number of carbonyl (C=O) groups is 1. The van der Waals surface area contributed by atoms with Crippen LogP contribution in [0.4, 0.5) is 17.1 Å². The van der Waals surface area contributed by atoms with E-state index in [1.165, 1.54) is 6.07 Å². The van der Waals surface area contributed by atoms with E-state index in [1.54, 1.807) is 24.1 Å². The summed E-state index contributed by atoms with van der Waals surface area (Å²) < 4.78 is 5.47. The molecule has 0 aliphatic carbocycles. The normalized spacial score (nSPS) is 16.0. The molecular formula is C21H23N3O4. The molecule has 2 aromatic carbocycles. The van der Waals surface area contributed by atoms with E-state index in [0.717, 1.165) is 50.0 Å². The van der Waals surface area contributed by atoms with Crippen LogP contribution in [-0.4, -0.2) is 37.6 Å². The first-order chi connectivity index (χ1) is 13.6. The fraction of sp³-hybridized carbons (Fsp3) is 0.381. The molecule has 0 atom stereocenters. The molecule has 0 radical (unpaired) electrons. The zero-order valence-electron chi connectivity index (χ0n) is 15.9. The zero-order chi connectivity index (χ0) is 19.7. The standard InChI is InChI=1S/C21H23N3O4/c1-28-19-8-4-6-15-7-5-13-23(20(15)19)21(25)16-9-10-17(18(14-16)24(26)27)22-11-2-3-12-22/h4,6,8-10,14H,2-3,5,7,11-13H2,1H3. The van der Waals surface area contributed by atoms with Crippen molar-refractivity contribution in [3.63, 3.8) is 0 Å². The number of nitrogens with zero attached hydrogens (tertiary/aromatic N) is 3. The van der Waals surface area contributed by atoms with Gasteiger partial charge in [0.25, 0.3) is 11.6 Å².